The van der Waals surface area contributed by atoms with Gasteiger partial charge in [0.1, 0.15) is 24.0 Å². The number of aliphatic hydroxyl groups is 1. The van der Waals surface area contributed by atoms with E-state index >= 15 is 0 Å². The molecule has 2 N–H and O–H groups in total. The molecule has 1 amide bonds. The van der Waals surface area contributed by atoms with Crippen LogP contribution in [0.4, 0.5) is 8.78 Å². The molecule has 3 rings (SSSR count). The number of carbonyl (C=O) groups is 2. The number of amides is 1. The topological polar surface area (TPSA) is 99.5 Å². The number of hydrogen-bond acceptors (Lipinski definition) is 6. The van der Waals surface area contributed by atoms with Crippen LogP contribution in [0.5, 0.6) is 5.75 Å². The average Bonchev–Trinajstić information content (AvgIpc) is 2.72. The zero-order valence-electron chi connectivity index (χ0n) is 16.3. The predicted octanol–water partition coefficient (Wildman–Crippen LogP) is 0.860. The van der Waals surface area contributed by atoms with Crippen molar-refractivity contribution in [1.82, 2.24) is 9.80 Å². The number of rotatable bonds is 4. The second-order valence-corrected chi connectivity index (χ2v) is 6.96. The van der Waals surface area contributed by atoms with Gasteiger partial charge in [0.25, 0.3) is 6.47 Å². The molecule has 162 valence electrons. The van der Waals surface area contributed by atoms with Crippen LogP contribution in [-0.4, -0.2) is 84.5 Å². The molecule has 2 aliphatic rings. The third-order valence-electron chi connectivity index (χ3n) is 5.24. The number of carbonyl (C=O) groups excluding carboxylic acids is 1. The minimum absolute atomic E-state index is 0.0309. The molecule has 0 radical (unpaired) electrons. The third-order valence-corrected chi connectivity index (χ3v) is 5.24. The SMILES string of the molecule is COc1cc(F)c(CN2CCC3(CC2)CN(C(=O)CO)CCO3)c(F)c1.O=CO. The van der Waals surface area contributed by atoms with Gasteiger partial charge < -0.3 is 24.6 Å². The minimum Gasteiger partial charge on any atom is -0.497 e. The summed E-state index contributed by atoms with van der Waals surface area (Å²) in [5.74, 6) is -1.37. The molecule has 0 unspecified atom stereocenters. The van der Waals surface area contributed by atoms with Crippen LogP contribution in [0.1, 0.15) is 18.4 Å². The second-order valence-electron chi connectivity index (χ2n) is 6.96. The highest BCUT2D eigenvalue weighted by Gasteiger charge is 2.41. The van der Waals surface area contributed by atoms with E-state index in [0.717, 1.165) is 0 Å². The number of piperidine rings is 1. The molecule has 2 aliphatic heterocycles. The van der Waals surface area contributed by atoms with Crippen molar-refractivity contribution in [1.29, 1.82) is 0 Å². The van der Waals surface area contributed by atoms with Gasteiger partial charge in [0, 0.05) is 50.4 Å². The lowest BCUT2D eigenvalue weighted by molar-refractivity contribution is -0.161. The van der Waals surface area contributed by atoms with E-state index in [0.29, 0.717) is 45.6 Å². The van der Waals surface area contributed by atoms with Crippen LogP contribution in [0, 0.1) is 11.6 Å². The fourth-order valence-electron chi connectivity index (χ4n) is 3.65. The summed E-state index contributed by atoms with van der Waals surface area (Å²) in [4.78, 5) is 23.7. The fourth-order valence-corrected chi connectivity index (χ4v) is 3.65. The van der Waals surface area contributed by atoms with Crippen LogP contribution < -0.4 is 4.74 Å². The molecule has 2 saturated heterocycles. The number of ether oxygens (including phenoxy) is 2. The molecular formula is C19H26F2N2O6. The van der Waals surface area contributed by atoms with Gasteiger partial charge in [-0.3, -0.25) is 14.5 Å². The van der Waals surface area contributed by atoms with Gasteiger partial charge in [-0.05, 0) is 12.8 Å². The molecule has 0 aliphatic carbocycles. The Hall–Kier alpha value is -2.30. The van der Waals surface area contributed by atoms with Crippen molar-refractivity contribution in [3.63, 3.8) is 0 Å². The smallest absolute Gasteiger partial charge is 0.290 e. The lowest BCUT2D eigenvalue weighted by atomic mass is 9.89. The molecule has 2 heterocycles. The number of halogens is 2. The van der Waals surface area contributed by atoms with Gasteiger partial charge in [-0.2, -0.15) is 0 Å². The Bertz CT molecular complexity index is 687. The highest BCUT2D eigenvalue weighted by molar-refractivity contribution is 5.77. The normalized spacial score (nSPS) is 18.7. The molecule has 8 nitrogen and oxygen atoms in total. The van der Waals surface area contributed by atoms with E-state index < -0.39 is 23.8 Å². The average molecular weight is 416 g/mol. The lowest BCUT2D eigenvalue weighted by Gasteiger charge is -2.47. The molecule has 0 saturated carbocycles. The van der Waals surface area contributed by atoms with Crippen molar-refractivity contribution in [2.75, 3.05) is 46.5 Å². The van der Waals surface area contributed by atoms with Crippen molar-refractivity contribution in [2.24, 2.45) is 0 Å². The lowest BCUT2D eigenvalue weighted by Crippen LogP contribution is -2.58. The first kappa shape index (κ1) is 23.0. The zero-order chi connectivity index (χ0) is 21.4. The summed E-state index contributed by atoms with van der Waals surface area (Å²) in [6.07, 6.45) is 1.34. The highest BCUT2D eigenvalue weighted by Crippen LogP contribution is 2.31. The van der Waals surface area contributed by atoms with E-state index in [1.54, 1.807) is 4.90 Å². The Kier molecular flexibility index (Phi) is 8.30. The summed E-state index contributed by atoms with van der Waals surface area (Å²) in [7, 11) is 1.37. The van der Waals surface area contributed by atoms with Gasteiger partial charge in [-0.1, -0.05) is 0 Å². The van der Waals surface area contributed by atoms with E-state index in [-0.39, 0.29) is 30.2 Å². The van der Waals surface area contributed by atoms with Crippen LogP contribution >= 0.6 is 0 Å². The first-order valence-electron chi connectivity index (χ1n) is 9.22. The molecule has 2 fully saturated rings. The molecule has 10 heteroatoms. The van der Waals surface area contributed by atoms with Gasteiger partial charge >= 0.3 is 0 Å². The summed E-state index contributed by atoms with van der Waals surface area (Å²) in [5.41, 5.74) is -0.403. The molecule has 29 heavy (non-hydrogen) atoms. The molecule has 0 atom stereocenters. The molecule has 0 aromatic heterocycles. The summed E-state index contributed by atoms with van der Waals surface area (Å²) in [6.45, 7) is 2.03. The van der Waals surface area contributed by atoms with Crippen LogP contribution in [0.2, 0.25) is 0 Å². The van der Waals surface area contributed by atoms with Crippen molar-refractivity contribution in [2.45, 2.75) is 25.0 Å². The number of aliphatic hydroxyl groups excluding tert-OH is 1. The van der Waals surface area contributed by atoms with Crippen molar-refractivity contribution in [3.05, 3.63) is 29.3 Å². The van der Waals surface area contributed by atoms with E-state index in [1.807, 2.05) is 4.90 Å². The minimum atomic E-state index is -0.615. The highest BCUT2D eigenvalue weighted by atomic mass is 19.1. The monoisotopic (exact) mass is 416 g/mol. The number of nitrogens with zero attached hydrogens (tertiary/aromatic N) is 2. The van der Waals surface area contributed by atoms with E-state index in [9.17, 15) is 13.6 Å². The maximum Gasteiger partial charge on any atom is 0.290 e. The Morgan fingerprint density at radius 3 is 2.38 bits per heavy atom. The van der Waals surface area contributed by atoms with Crippen LogP contribution in [-0.2, 0) is 20.9 Å². The van der Waals surface area contributed by atoms with Crippen LogP contribution in [0.3, 0.4) is 0 Å². The quantitative estimate of drug-likeness (QED) is 0.703. The number of methoxy groups -OCH3 is 1. The van der Waals surface area contributed by atoms with Gasteiger partial charge in [-0.25, -0.2) is 8.78 Å². The van der Waals surface area contributed by atoms with E-state index in [2.05, 4.69) is 0 Å². The maximum atomic E-state index is 14.1. The number of likely N-dealkylation sites (tertiary alicyclic amines) is 1. The fraction of sp³-hybridized carbons (Fsp3) is 0.579. The van der Waals surface area contributed by atoms with E-state index in [1.165, 1.54) is 19.2 Å². The number of hydrogen-bond donors (Lipinski definition) is 2. The first-order chi connectivity index (χ1) is 13.9. The summed E-state index contributed by atoms with van der Waals surface area (Å²) in [6, 6.07) is 2.37. The third kappa shape index (κ3) is 5.84. The first-order valence-corrected chi connectivity index (χ1v) is 9.22. The molecule has 1 aromatic carbocycles. The van der Waals surface area contributed by atoms with Gasteiger partial charge in [-0.15, -0.1) is 0 Å². The van der Waals surface area contributed by atoms with Crippen molar-refractivity contribution < 1.29 is 38.1 Å². The Labute approximate surface area is 167 Å². The maximum absolute atomic E-state index is 14.1. The van der Waals surface area contributed by atoms with Gasteiger partial charge in [0.05, 0.1) is 19.3 Å². The number of morpholine rings is 1. The summed E-state index contributed by atoms with van der Waals surface area (Å²) >= 11 is 0. The largest absolute Gasteiger partial charge is 0.497 e. The van der Waals surface area contributed by atoms with Crippen molar-refractivity contribution in [3.8, 4) is 5.75 Å². The van der Waals surface area contributed by atoms with Crippen LogP contribution in [0.15, 0.2) is 12.1 Å². The molecular weight excluding hydrogens is 390 g/mol. The summed E-state index contributed by atoms with van der Waals surface area (Å²) < 4.78 is 39.1. The van der Waals surface area contributed by atoms with Gasteiger partial charge in [0.2, 0.25) is 5.91 Å². The standard InChI is InChI=1S/C18H24F2N2O4.CH2O2/c1-25-13-8-15(19)14(16(20)9-13)10-21-4-2-18(3-5-21)12-22(6-7-26-18)17(24)11-23;2-1-3/h8-9,23H,2-7,10-12H2,1H3;1H,(H,2,3). The summed E-state index contributed by atoms with van der Waals surface area (Å²) in [5, 5.41) is 15.9. The predicted molar refractivity (Wildman–Crippen MR) is 98.5 cm³/mol. The zero-order valence-corrected chi connectivity index (χ0v) is 16.3. The second kappa shape index (κ2) is 10.5. The number of carboxylic acid groups (broad SMARTS) is 1. The Balaban J connectivity index is 0.000000941. The molecule has 1 aromatic rings. The Morgan fingerprint density at radius 2 is 1.86 bits per heavy atom. The number of benzene rings is 1. The van der Waals surface area contributed by atoms with Gasteiger partial charge in [0.15, 0.2) is 0 Å². The Morgan fingerprint density at radius 1 is 1.28 bits per heavy atom. The van der Waals surface area contributed by atoms with Crippen LogP contribution in [0.25, 0.3) is 0 Å². The van der Waals surface area contributed by atoms with Crippen molar-refractivity contribution >= 4 is 12.4 Å². The van der Waals surface area contributed by atoms with E-state index in [4.69, 9.17) is 24.5 Å². The molecule has 0 bridgehead atoms. The molecule has 1 spiro atoms.